The molecule has 28 heavy (non-hydrogen) atoms. The maximum Gasteiger partial charge on any atom is 0.323 e. The molecular formula is C22H25N3O3. The highest BCUT2D eigenvalue weighted by atomic mass is 16.5. The van der Waals surface area contributed by atoms with Gasteiger partial charge in [0.1, 0.15) is 5.75 Å². The Labute approximate surface area is 164 Å². The third kappa shape index (κ3) is 3.81. The standard InChI is InChI=1S/C22H25N3O3/c1-28-19-8-4-7-17(13-19)23-22(27)24-18-10-9-15-11-12-25(20(15)14-18)21(26)16-5-2-3-6-16/h4,7-10,13-14,16H,2-3,5-6,11-12H2,1H3,(H2,23,24,27). The molecule has 0 bridgehead atoms. The number of fused-ring (bicyclic) bond motifs is 1. The van der Waals surface area contributed by atoms with Gasteiger partial charge in [-0.2, -0.15) is 0 Å². The van der Waals surface area contributed by atoms with Crippen LogP contribution in [0.4, 0.5) is 21.9 Å². The molecule has 1 heterocycles. The SMILES string of the molecule is COc1cccc(NC(=O)Nc2ccc3c(c2)N(C(=O)C2CCCC2)CC3)c1. The number of benzene rings is 2. The highest BCUT2D eigenvalue weighted by Gasteiger charge is 2.31. The van der Waals surface area contributed by atoms with Crippen LogP contribution in [0.2, 0.25) is 0 Å². The van der Waals surface area contributed by atoms with E-state index in [-0.39, 0.29) is 17.9 Å². The summed E-state index contributed by atoms with van der Waals surface area (Å²) in [6.45, 7) is 0.726. The highest BCUT2D eigenvalue weighted by molar-refractivity contribution is 6.02. The number of amides is 3. The molecule has 2 aliphatic rings. The number of nitrogens with one attached hydrogen (secondary N) is 2. The third-order valence-corrected chi connectivity index (χ3v) is 5.54. The van der Waals surface area contributed by atoms with Gasteiger partial charge in [0.15, 0.2) is 0 Å². The highest BCUT2D eigenvalue weighted by Crippen LogP contribution is 2.35. The van der Waals surface area contributed by atoms with E-state index in [1.165, 1.54) is 0 Å². The van der Waals surface area contributed by atoms with Gasteiger partial charge in [-0.3, -0.25) is 4.79 Å². The Balaban J connectivity index is 1.45. The van der Waals surface area contributed by atoms with Crippen molar-refractivity contribution in [3.05, 3.63) is 48.0 Å². The molecule has 1 fully saturated rings. The van der Waals surface area contributed by atoms with E-state index in [1.54, 1.807) is 19.2 Å². The summed E-state index contributed by atoms with van der Waals surface area (Å²) in [6.07, 6.45) is 5.13. The lowest BCUT2D eigenvalue weighted by atomic mass is 10.1. The Hall–Kier alpha value is -3.02. The zero-order valence-corrected chi connectivity index (χ0v) is 16.0. The normalized spacial score (nSPS) is 16.0. The maximum atomic E-state index is 12.9. The fourth-order valence-corrected chi connectivity index (χ4v) is 4.07. The summed E-state index contributed by atoms with van der Waals surface area (Å²) in [7, 11) is 1.59. The van der Waals surface area contributed by atoms with Crippen molar-refractivity contribution in [1.29, 1.82) is 0 Å². The van der Waals surface area contributed by atoms with Crippen LogP contribution in [0.25, 0.3) is 0 Å². The molecule has 0 unspecified atom stereocenters. The largest absolute Gasteiger partial charge is 0.497 e. The lowest BCUT2D eigenvalue weighted by Crippen LogP contribution is -2.33. The van der Waals surface area contributed by atoms with Gasteiger partial charge >= 0.3 is 6.03 Å². The summed E-state index contributed by atoms with van der Waals surface area (Å²) in [6, 6.07) is 12.6. The van der Waals surface area contributed by atoms with Crippen LogP contribution < -0.4 is 20.3 Å². The molecule has 0 atom stereocenters. The van der Waals surface area contributed by atoms with Crippen molar-refractivity contribution in [3.63, 3.8) is 0 Å². The number of ether oxygens (including phenoxy) is 1. The van der Waals surface area contributed by atoms with Crippen molar-refractivity contribution >= 4 is 29.0 Å². The molecule has 2 N–H and O–H groups in total. The van der Waals surface area contributed by atoms with Crippen molar-refractivity contribution in [2.45, 2.75) is 32.1 Å². The average Bonchev–Trinajstić information content (AvgIpc) is 3.37. The molecule has 2 aromatic carbocycles. The maximum absolute atomic E-state index is 12.9. The van der Waals surface area contributed by atoms with Crippen LogP contribution in [0.15, 0.2) is 42.5 Å². The Kier molecular flexibility index (Phi) is 5.19. The second kappa shape index (κ2) is 7.92. The van der Waals surface area contributed by atoms with E-state index >= 15 is 0 Å². The summed E-state index contributed by atoms with van der Waals surface area (Å²) in [5.74, 6) is 1.06. The Morgan fingerprint density at radius 2 is 1.79 bits per heavy atom. The molecule has 6 nitrogen and oxygen atoms in total. The quantitative estimate of drug-likeness (QED) is 0.826. The van der Waals surface area contributed by atoms with Crippen LogP contribution in [0.1, 0.15) is 31.2 Å². The molecule has 1 aliphatic heterocycles. The first-order chi connectivity index (χ1) is 13.6. The number of rotatable bonds is 4. The summed E-state index contributed by atoms with van der Waals surface area (Å²) < 4.78 is 5.17. The number of anilines is 3. The summed E-state index contributed by atoms with van der Waals surface area (Å²) in [4.78, 5) is 27.1. The number of hydrogen-bond acceptors (Lipinski definition) is 3. The van der Waals surface area contributed by atoms with Crippen LogP contribution in [0.3, 0.4) is 0 Å². The molecule has 0 radical (unpaired) electrons. The number of carbonyl (C=O) groups excluding carboxylic acids is 2. The van der Waals surface area contributed by atoms with Gasteiger partial charge in [0.2, 0.25) is 5.91 Å². The number of urea groups is 1. The van der Waals surface area contributed by atoms with Gasteiger partial charge in [-0.05, 0) is 49.1 Å². The van der Waals surface area contributed by atoms with Crippen LogP contribution in [0.5, 0.6) is 5.75 Å². The molecule has 6 heteroatoms. The monoisotopic (exact) mass is 379 g/mol. The minimum Gasteiger partial charge on any atom is -0.497 e. The number of hydrogen-bond donors (Lipinski definition) is 2. The van der Waals surface area contributed by atoms with Crippen LogP contribution in [-0.4, -0.2) is 25.6 Å². The lowest BCUT2D eigenvalue weighted by molar-refractivity contribution is -0.122. The molecule has 0 aromatic heterocycles. The Bertz CT molecular complexity index is 890. The van der Waals surface area contributed by atoms with E-state index in [2.05, 4.69) is 10.6 Å². The predicted molar refractivity (Wildman–Crippen MR) is 110 cm³/mol. The fourth-order valence-electron chi connectivity index (χ4n) is 4.07. The zero-order valence-electron chi connectivity index (χ0n) is 16.0. The van der Waals surface area contributed by atoms with Crippen molar-refractivity contribution in [2.75, 3.05) is 29.2 Å². The number of nitrogens with zero attached hydrogens (tertiary/aromatic N) is 1. The van der Waals surface area contributed by atoms with Crippen molar-refractivity contribution in [1.82, 2.24) is 0 Å². The molecular weight excluding hydrogens is 354 g/mol. The fraction of sp³-hybridized carbons (Fsp3) is 0.364. The molecule has 2 aromatic rings. The Morgan fingerprint density at radius 1 is 1.04 bits per heavy atom. The molecule has 3 amide bonds. The topological polar surface area (TPSA) is 70.7 Å². The first-order valence-electron chi connectivity index (χ1n) is 9.80. The molecule has 4 rings (SSSR count). The lowest BCUT2D eigenvalue weighted by Gasteiger charge is -2.21. The van der Waals surface area contributed by atoms with E-state index in [0.29, 0.717) is 17.1 Å². The third-order valence-electron chi connectivity index (χ3n) is 5.54. The van der Waals surface area contributed by atoms with E-state index < -0.39 is 0 Å². The summed E-state index contributed by atoms with van der Waals surface area (Å²) >= 11 is 0. The minimum atomic E-state index is -0.333. The molecule has 146 valence electrons. The smallest absolute Gasteiger partial charge is 0.323 e. The van der Waals surface area contributed by atoms with Gasteiger partial charge in [-0.15, -0.1) is 0 Å². The molecule has 1 aliphatic carbocycles. The first-order valence-corrected chi connectivity index (χ1v) is 9.80. The van der Waals surface area contributed by atoms with Gasteiger partial charge in [0.05, 0.1) is 7.11 Å². The first kappa shape index (κ1) is 18.3. The summed E-state index contributed by atoms with van der Waals surface area (Å²) in [5.41, 5.74) is 3.41. The van der Waals surface area contributed by atoms with E-state index in [4.69, 9.17) is 4.74 Å². The number of methoxy groups -OCH3 is 1. The molecule has 1 saturated carbocycles. The van der Waals surface area contributed by atoms with Crippen LogP contribution in [-0.2, 0) is 11.2 Å². The van der Waals surface area contributed by atoms with Gasteiger partial charge in [-0.1, -0.05) is 25.0 Å². The van der Waals surface area contributed by atoms with E-state index in [1.807, 2.05) is 35.2 Å². The Morgan fingerprint density at radius 3 is 2.54 bits per heavy atom. The van der Waals surface area contributed by atoms with Crippen LogP contribution in [0, 0.1) is 5.92 Å². The molecule has 0 spiro atoms. The zero-order chi connectivity index (χ0) is 19.5. The average molecular weight is 379 g/mol. The van der Waals surface area contributed by atoms with Gasteiger partial charge in [0.25, 0.3) is 0 Å². The minimum absolute atomic E-state index is 0.152. The summed E-state index contributed by atoms with van der Waals surface area (Å²) in [5, 5.41) is 5.66. The van der Waals surface area contributed by atoms with Gasteiger partial charge in [-0.25, -0.2) is 4.79 Å². The van der Waals surface area contributed by atoms with Gasteiger partial charge in [0, 0.05) is 35.6 Å². The van der Waals surface area contributed by atoms with E-state index in [9.17, 15) is 9.59 Å². The van der Waals surface area contributed by atoms with E-state index in [0.717, 1.165) is 49.9 Å². The second-order valence-electron chi connectivity index (χ2n) is 7.38. The van der Waals surface area contributed by atoms with Crippen LogP contribution >= 0.6 is 0 Å². The van der Waals surface area contributed by atoms with Crippen molar-refractivity contribution in [2.24, 2.45) is 5.92 Å². The van der Waals surface area contributed by atoms with Crippen molar-refractivity contribution in [3.8, 4) is 5.75 Å². The van der Waals surface area contributed by atoms with Crippen molar-refractivity contribution < 1.29 is 14.3 Å². The van der Waals surface area contributed by atoms with Gasteiger partial charge < -0.3 is 20.3 Å². The molecule has 0 saturated heterocycles. The second-order valence-corrected chi connectivity index (χ2v) is 7.38. The number of carbonyl (C=O) groups is 2. The predicted octanol–water partition coefficient (Wildman–Crippen LogP) is 4.42.